The van der Waals surface area contributed by atoms with Crippen LogP contribution in [0.3, 0.4) is 0 Å². The Morgan fingerprint density at radius 1 is 1.08 bits per heavy atom. The summed E-state index contributed by atoms with van der Waals surface area (Å²) < 4.78 is 34.9. The monoisotopic (exact) mass is 568 g/mol. The Hall–Kier alpha value is -2.68. The summed E-state index contributed by atoms with van der Waals surface area (Å²) in [5.74, 6) is 1.12. The predicted molar refractivity (Wildman–Crippen MR) is 158 cm³/mol. The summed E-state index contributed by atoms with van der Waals surface area (Å²) in [6, 6.07) is 16.7. The van der Waals surface area contributed by atoms with Crippen molar-refractivity contribution >= 4 is 27.3 Å². The smallest absolute Gasteiger partial charge is 0.243 e. The van der Waals surface area contributed by atoms with E-state index in [2.05, 4.69) is 37.4 Å². The molecule has 0 N–H and O–H groups in total. The van der Waals surface area contributed by atoms with Crippen molar-refractivity contribution in [2.75, 3.05) is 26.2 Å². The van der Waals surface area contributed by atoms with Crippen LogP contribution in [0.5, 0.6) is 5.75 Å². The third-order valence-corrected chi connectivity index (χ3v) is 10.4. The van der Waals surface area contributed by atoms with Gasteiger partial charge in [-0.2, -0.15) is 4.31 Å². The van der Waals surface area contributed by atoms with Gasteiger partial charge in [-0.15, -0.1) is 11.3 Å². The van der Waals surface area contributed by atoms with Crippen LogP contribution in [-0.4, -0.2) is 49.8 Å². The summed E-state index contributed by atoms with van der Waals surface area (Å²) in [6.07, 6.45) is 1.58. The van der Waals surface area contributed by atoms with E-state index in [0.29, 0.717) is 25.6 Å². The third kappa shape index (κ3) is 6.91. The minimum Gasteiger partial charge on any atom is -0.491 e. The lowest BCUT2D eigenvalue weighted by Gasteiger charge is -2.37. The Labute approximate surface area is 237 Å². The van der Waals surface area contributed by atoms with E-state index < -0.39 is 10.0 Å². The number of amides is 1. The molecule has 1 aromatic heterocycles. The molecule has 6 nitrogen and oxygen atoms in total. The second-order valence-electron chi connectivity index (χ2n) is 10.8. The van der Waals surface area contributed by atoms with Gasteiger partial charge in [-0.1, -0.05) is 63.9 Å². The van der Waals surface area contributed by atoms with Crippen molar-refractivity contribution in [3.05, 3.63) is 81.5 Å². The van der Waals surface area contributed by atoms with Crippen LogP contribution in [0.15, 0.2) is 64.9 Å². The van der Waals surface area contributed by atoms with Crippen molar-refractivity contribution in [1.29, 1.82) is 0 Å². The molecule has 0 fully saturated rings. The molecule has 0 unspecified atom stereocenters. The molecule has 0 saturated carbocycles. The Balaban J connectivity index is 1.56. The summed E-state index contributed by atoms with van der Waals surface area (Å²) in [4.78, 5) is 17.1. The highest BCUT2D eigenvalue weighted by Gasteiger charge is 2.35. The zero-order valence-electron chi connectivity index (χ0n) is 23.6. The summed E-state index contributed by atoms with van der Waals surface area (Å²) in [5.41, 5.74) is 3.32. The van der Waals surface area contributed by atoms with E-state index in [1.807, 2.05) is 37.8 Å². The molecule has 4 rings (SSSR count). The third-order valence-electron chi connectivity index (χ3n) is 7.55. The van der Waals surface area contributed by atoms with Gasteiger partial charge in [0.05, 0.1) is 17.5 Å². The molecular formula is C31H40N2O4S2. The Morgan fingerprint density at radius 3 is 2.41 bits per heavy atom. The quantitative estimate of drug-likeness (QED) is 0.268. The molecule has 39 heavy (non-hydrogen) atoms. The van der Waals surface area contributed by atoms with Gasteiger partial charge in [-0.05, 0) is 72.0 Å². The van der Waals surface area contributed by atoms with E-state index in [1.165, 1.54) is 14.7 Å². The number of hydrogen-bond donors (Lipinski definition) is 0. The first-order valence-electron chi connectivity index (χ1n) is 13.8. The van der Waals surface area contributed by atoms with E-state index in [-0.39, 0.29) is 29.3 Å². The molecule has 0 saturated heterocycles. The van der Waals surface area contributed by atoms with Crippen LogP contribution in [0.25, 0.3) is 0 Å². The van der Waals surface area contributed by atoms with Gasteiger partial charge in [0.15, 0.2) is 0 Å². The zero-order chi connectivity index (χ0) is 28.2. The first-order chi connectivity index (χ1) is 18.6. The van der Waals surface area contributed by atoms with Gasteiger partial charge >= 0.3 is 0 Å². The summed E-state index contributed by atoms with van der Waals surface area (Å²) in [5, 5.41) is 2.06. The van der Waals surface area contributed by atoms with Crippen LogP contribution in [0.1, 0.15) is 67.6 Å². The SMILES string of the molecule is CC[C@@H](C)CN(CC(=O)N1CCc2sccc2[C@@H]1COc1ccc(C(C)C)cc1)S(=O)(=O)c1ccc(C)cc1. The van der Waals surface area contributed by atoms with Crippen molar-refractivity contribution in [1.82, 2.24) is 9.21 Å². The fourth-order valence-electron chi connectivity index (χ4n) is 4.82. The summed E-state index contributed by atoms with van der Waals surface area (Å²) in [6.45, 7) is 11.2. The average Bonchev–Trinajstić information content (AvgIpc) is 3.41. The van der Waals surface area contributed by atoms with Crippen LogP contribution < -0.4 is 4.74 Å². The van der Waals surface area contributed by atoms with Crippen molar-refractivity contribution < 1.29 is 17.9 Å². The van der Waals surface area contributed by atoms with Gasteiger partial charge in [-0.3, -0.25) is 4.79 Å². The van der Waals surface area contributed by atoms with Crippen LogP contribution >= 0.6 is 11.3 Å². The number of fused-ring (bicyclic) bond motifs is 1. The maximum absolute atomic E-state index is 13.9. The molecule has 8 heteroatoms. The average molecular weight is 569 g/mol. The number of hydrogen-bond acceptors (Lipinski definition) is 5. The van der Waals surface area contributed by atoms with Crippen LogP contribution in [0, 0.1) is 12.8 Å². The normalized spacial score (nSPS) is 16.4. The molecule has 2 heterocycles. The molecule has 0 bridgehead atoms. The number of rotatable bonds is 11. The number of ether oxygens (including phenoxy) is 1. The molecule has 1 aliphatic rings. The highest BCUT2D eigenvalue weighted by atomic mass is 32.2. The van der Waals surface area contributed by atoms with E-state index in [0.717, 1.165) is 29.7 Å². The molecule has 1 amide bonds. The molecule has 2 aromatic carbocycles. The fraction of sp³-hybridized carbons (Fsp3) is 0.452. The number of aryl methyl sites for hydroxylation is 1. The molecule has 210 valence electrons. The first-order valence-corrected chi connectivity index (χ1v) is 16.1. The van der Waals surface area contributed by atoms with Gasteiger partial charge in [0.25, 0.3) is 0 Å². The lowest BCUT2D eigenvalue weighted by Crippen LogP contribution is -2.48. The molecule has 0 aliphatic carbocycles. The van der Waals surface area contributed by atoms with Gasteiger partial charge in [0.2, 0.25) is 15.9 Å². The Kier molecular flexibility index (Phi) is 9.51. The molecule has 0 spiro atoms. The number of carbonyl (C=O) groups is 1. The molecular weight excluding hydrogens is 528 g/mol. The number of benzene rings is 2. The molecule has 2 atom stereocenters. The minimum atomic E-state index is -3.83. The molecule has 0 radical (unpaired) electrons. The Morgan fingerprint density at radius 2 is 1.77 bits per heavy atom. The topological polar surface area (TPSA) is 66.9 Å². The van der Waals surface area contributed by atoms with Crippen molar-refractivity contribution in [3.63, 3.8) is 0 Å². The van der Waals surface area contributed by atoms with E-state index >= 15 is 0 Å². The van der Waals surface area contributed by atoms with E-state index in [1.54, 1.807) is 35.6 Å². The fourth-order valence-corrected chi connectivity index (χ4v) is 7.26. The first kappa shape index (κ1) is 29.3. The maximum Gasteiger partial charge on any atom is 0.243 e. The van der Waals surface area contributed by atoms with Crippen molar-refractivity contribution in [2.45, 2.75) is 64.3 Å². The van der Waals surface area contributed by atoms with Crippen molar-refractivity contribution in [3.8, 4) is 5.75 Å². The molecule has 1 aliphatic heterocycles. The summed E-state index contributed by atoms with van der Waals surface area (Å²) >= 11 is 1.70. The van der Waals surface area contributed by atoms with E-state index in [4.69, 9.17) is 4.74 Å². The van der Waals surface area contributed by atoms with Gasteiger partial charge in [-0.25, -0.2) is 8.42 Å². The van der Waals surface area contributed by atoms with Gasteiger partial charge < -0.3 is 9.64 Å². The zero-order valence-corrected chi connectivity index (χ0v) is 25.2. The van der Waals surface area contributed by atoms with Crippen molar-refractivity contribution in [2.24, 2.45) is 5.92 Å². The van der Waals surface area contributed by atoms with Crippen LogP contribution in [0.4, 0.5) is 0 Å². The number of sulfonamides is 1. The van der Waals surface area contributed by atoms with E-state index in [9.17, 15) is 13.2 Å². The van der Waals surface area contributed by atoms with Gasteiger partial charge in [0.1, 0.15) is 12.4 Å². The highest BCUT2D eigenvalue weighted by Crippen LogP contribution is 2.34. The predicted octanol–water partition coefficient (Wildman–Crippen LogP) is 6.42. The minimum absolute atomic E-state index is 0.121. The second-order valence-corrected chi connectivity index (χ2v) is 13.7. The number of thiophene rings is 1. The standard InChI is InChI=1S/C31H40N2O4S2/c1-6-23(4)19-32(39(35,36)27-13-7-24(5)8-14-27)20-31(34)33-17-15-30-28(16-18-38-30)29(33)21-37-26-11-9-25(10-12-26)22(2)3/h7-14,16,18,22-23,29H,6,15,17,19-21H2,1-5H3/t23-,29+/m1/s1. The number of nitrogens with zero attached hydrogens (tertiary/aromatic N) is 2. The lowest BCUT2D eigenvalue weighted by molar-refractivity contribution is -0.135. The second kappa shape index (κ2) is 12.7. The van der Waals surface area contributed by atoms with Crippen LogP contribution in [-0.2, 0) is 21.2 Å². The summed E-state index contributed by atoms with van der Waals surface area (Å²) in [7, 11) is -3.83. The molecule has 3 aromatic rings. The Bertz CT molecular complexity index is 1350. The number of carbonyl (C=O) groups excluding carboxylic acids is 1. The largest absolute Gasteiger partial charge is 0.491 e. The maximum atomic E-state index is 13.9. The van der Waals surface area contributed by atoms with Crippen LogP contribution in [0.2, 0.25) is 0 Å². The lowest BCUT2D eigenvalue weighted by atomic mass is 10.00. The highest BCUT2D eigenvalue weighted by molar-refractivity contribution is 7.89. The van der Waals surface area contributed by atoms with Gasteiger partial charge in [0, 0.05) is 18.0 Å².